The molecule has 0 saturated carbocycles. The molecule has 0 aliphatic carbocycles. The molecule has 3 rings (SSSR count). The van der Waals surface area contributed by atoms with Crippen LogP contribution in [-0.4, -0.2) is 24.5 Å². The molecule has 5 heteroatoms. The van der Waals surface area contributed by atoms with E-state index in [1.807, 2.05) is 5.12 Å². The van der Waals surface area contributed by atoms with Gasteiger partial charge in [0.2, 0.25) is 0 Å². The summed E-state index contributed by atoms with van der Waals surface area (Å²) < 4.78 is 0. The third kappa shape index (κ3) is 2.72. The van der Waals surface area contributed by atoms with E-state index in [0.29, 0.717) is 12.0 Å². The first kappa shape index (κ1) is 12.4. The number of aryl methyl sites for hydroxylation is 1. The molecule has 1 saturated heterocycles. The lowest BCUT2D eigenvalue weighted by Gasteiger charge is -2.35. The molecule has 19 heavy (non-hydrogen) atoms. The van der Waals surface area contributed by atoms with Crippen LogP contribution in [0.15, 0.2) is 29.4 Å². The molecular weight excluding hydrogens is 238 g/mol. The molecule has 0 radical (unpaired) electrons. The smallest absolute Gasteiger partial charge is 0.126 e. The van der Waals surface area contributed by atoms with Gasteiger partial charge in [0.05, 0.1) is 6.04 Å². The van der Waals surface area contributed by atoms with Crippen molar-refractivity contribution in [2.24, 2.45) is 11.0 Å². The molecule has 1 aromatic carbocycles. The second kappa shape index (κ2) is 5.59. The fourth-order valence-corrected chi connectivity index (χ4v) is 2.91. The summed E-state index contributed by atoms with van der Waals surface area (Å²) in [4.78, 5) is 0. The highest BCUT2D eigenvalue weighted by molar-refractivity contribution is 5.54. The Balaban J connectivity index is 1.84. The maximum Gasteiger partial charge on any atom is 0.126 e. The first-order chi connectivity index (χ1) is 9.34. The number of benzene rings is 1. The SMILES string of the molecule is Cc1ccc([C@@H](C2CCNCC2)N2NC=NN2)cc1. The quantitative estimate of drug-likeness (QED) is 0.766. The Morgan fingerprint density at radius 1 is 1.21 bits per heavy atom. The molecule has 2 heterocycles. The number of nitrogens with zero attached hydrogens (tertiary/aromatic N) is 2. The van der Waals surface area contributed by atoms with Crippen molar-refractivity contribution >= 4 is 6.34 Å². The Hall–Kier alpha value is -1.59. The topological polar surface area (TPSA) is 51.7 Å². The van der Waals surface area contributed by atoms with Crippen LogP contribution in [0.3, 0.4) is 0 Å². The number of rotatable bonds is 3. The fraction of sp³-hybridized carbons (Fsp3) is 0.500. The highest BCUT2D eigenvalue weighted by atomic mass is 15.9. The van der Waals surface area contributed by atoms with E-state index >= 15 is 0 Å². The van der Waals surface area contributed by atoms with Gasteiger partial charge in [-0.05, 0) is 44.3 Å². The molecule has 1 atom stereocenters. The Morgan fingerprint density at radius 2 is 1.95 bits per heavy atom. The van der Waals surface area contributed by atoms with Gasteiger partial charge in [0.25, 0.3) is 0 Å². The molecule has 1 aromatic rings. The van der Waals surface area contributed by atoms with Crippen molar-refractivity contribution in [3.05, 3.63) is 35.4 Å². The lowest BCUT2D eigenvalue weighted by atomic mass is 9.86. The van der Waals surface area contributed by atoms with Gasteiger partial charge in [0, 0.05) is 0 Å². The Bertz CT molecular complexity index is 428. The summed E-state index contributed by atoms with van der Waals surface area (Å²) in [6.45, 7) is 4.32. The molecule has 2 aliphatic heterocycles. The van der Waals surface area contributed by atoms with Gasteiger partial charge in [0.1, 0.15) is 6.34 Å². The van der Waals surface area contributed by atoms with E-state index in [1.54, 1.807) is 6.34 Å². The van der Waals surface area contributed by atoms with Gasteiger partial charge >= 0.3 is 0 Å². The molecule has 3 N–H and O–H groups in total. The van der Waals surface area contributed by atoms with E-state index in [0.717, 1.165) is 13.1 Å². The van der Waals surface area contributed by atoms with Gasteiger partial charge in [-0.1, -0.05) is 29.8 Å². The molecule has 0 bridgehead atoms. The number of hydrogen-bond donors (Lipinski definition) is 3. The average Bonchev–Trinajstić information content (AvgIpc) is 2.96. The maximum atomic E-state index is 4.05. The summed E-state index contributed by atoms with van der Waals surface area (Å²) in [5.41, 5.74) is 8.85. The van der Waals surface area contributed by atoms with Crippen LogP contribution in [0, 0.1) is 12.8 Å². The van der Waals surface area contributed by atoms with Crippen LogP contribution in [0.25, 0.3) is 0 Å². The van der Waals surface area contributed by atoms with Crippen molar-refractivity contribution in [3.8, 4) is 0 Å². The Morgan fingerprint density at radius 3 is 2.58 bits per heavy atom. The van der Waals surface area contributed by atoms with Crippen LogP contribution in [0.1, 0.15) is 30.0 Å². The van der Waals surface area contributed by atoms with E-state index in [2.05, 4.69) is 52.6 Å². The van der Waals surface area contributed by atoms with Crippen molar-refractivity contribution < 1.29 is 0 Å². The normalized spacial score (nSPS) is 21.9. The molecule has 102 valence electrons. The molecule has 2 aliphatic rings. The van der Waals surface area contributed by atoms with Crippen molar-refractivity contribution in [1.29, 1.82) is 0 Å². The number of hydrogen-bond acceptors (Lipinski definition) is 5. The number of hydrazine groups is 2. The van der Waals surface area contributed by atoms with Crippen molar-refractivity contribution in [3.63, 3.8) is 0 Å². The summed E-state index contributed by atoms with van der Waals surface area (Å²) in [5.74, 6) is 0.630. The van der Waals surface area contributed by atoms with Crippen molar-refractivity contribution in [2.45, 2.75) is 25.8 Å². The zero-order chi connectivity index (χ0) is 13.1. The van der Waals surface area contributed by atoms with Gasteiger partial charge in [-0.2, -0.15) is 5.10 Å². The second-order valence-corrected chi connectivity index (χ2v) is 5.30. The van der Waals surface area contributed by atoms with Crippen molar-refractivity contribution in [2.75, 3.05) is 13.1 Å². The van der Waals surface area contributed by atoms with E-state index in [9.17, 15) is 0 Å². The summed E-state index contributed by atoms with van der Waals surface area (Å²) in [6.07, 6.45) is 4.08. The minimum atomic E-state index is 0.310. The van der Waals surface area contributed by atoms with Gasteiger partial charge in [-0.15, -0.1) is 5.12 Å². The zero-order valence-corrected chi connectivity index (χ0v) is 11.3. The van der Waals surface area contributed by atoms with Crippen LogP contribution < -0.4 is 16.3 Å². The summed E-state index contributed by atoms with van der Waals surface area (Å²) in [6, 6.07) is 9.12. The molecule has 5 nitrogen and oxygen atoms in total. The largest absolute Gasteiger partial charge is 0.317 e. The summed E-state index contributed by atoms with van der Waals surface area (Å²) >= 11 is 0. The minimum absolute atomic E-state index is 0.310. The number of piperidine rings is 1. The standard InChI is InChI=1S/C14H21N5/c1-11-2-4-12(5-3-11)14(19-17-10-16-18-19)13-6-8-15-9-7-13/h2-5,10,13-15,18H,6-9H2,1H3,(H,16,17)/t14-/m0/s1. The van der Waals surface area contributed by atoms with Crippen LogP contribution in [-0.2, 0) is 0 Å². The number of nitrogens with one attached hydrogen (secondary N) is 3. The van der Waals surface area contributed by atoms with Crippen LogP contribution in [0.2, 0.25) is 0 Å². The highest BCUT2D eigenvalue weighted by Crippen LogP contribution is 2.32. The van der Waals surface area contributed by atoms with Crippen LogP contribution >= 0.6 is 0 Å². The monoisotopic (exact) mass is 259 g/mol. The van der Waals surface area contributed by atoms with Gasteiger partial charge in [-0.3, -0.25) is 5.43 Å². The predicted molar refractivity (Wildman–Crippen MR) is 76.1 cm³/mol. The van der Waals surface area contributed by atoms with E-state index in [1.165, 1.54) is 24.0 Å². The van der Waals surface area contributed by atoms with Gasteiger partial charge in [-0.25, -0.2) is 5.53 Å². The Labute approximate surface area is 114 Å². The van der Waals surface area contributed by atoms with E-state index < -0.39 is 0 Å². The molecule has 0 aromatic heterocycles. The lowest BCUT2D eigenvalue weighted by molar-refractivity contribution is 0.0578. The predicted octanol–water partition coefficient (Wildman–Crippen LogP) is 1.30. The van der Waals surface area contributed by atoms with E-state index in [4.69, 9.17) is 0 Å². The summed E-state index contributed by atoms with van der Waals surface area (Å²) in [7, 11) is 0. The first-order valence-corrected chi connectivity index (χ1v) is 6.94. The van der Waals surface area contributed by atoms with Crippen LogP contribution in [0.4, 0.5) is 0 Å². The minimum Gasteiger partial charge on any atom is -0.317 e. The third-order valence-electron chi connectivity index (χ3n) is 3.95. The highest BCUT2D eigenvalue weighted by Gasteiger charge is 2.31. The number of hydrazone groups is 1. The fourth-order valence-electron chi connectivity index (χ4n) is 2.91. The average molecular weight is 259 g/mol. The second-order valence-electron chi connectivity index (χ2n) is 5.30. The molecule has 1 fully saturated rings. The third-order valence-corrected chi connectivity index (χ3v) is 3.95. The molecular formula is C14H21N5. The molecule has 0 amide bonds. The van der Waals surface area contributed by atoms with Crippen LogP contribution in [0.5, 0.6) is 0 Å². The molecule has 0 unspecified atom stereocenters. The van der Waals surface area contributed by atoms with Gasteiger partial charge < -0.3 is 5.32 Å². The van der Waals surface area contributed by atoms with E-state index in [-0.39, 0.29) is 0 Å². The maximum absolute atomic E-state index is 4.05. The lowest BCUT2D eigenvalue weighted by Crippen LogP contribution is -2.47. The summed E-state index contributed by atoms with van der Waals surface area (Å²) in [5, 5.41) is 9.49. The van der Waals surface area contributed by atoms with Gasteiger partial charge in [0.15, 0.2) is 0 Å². The first-order valence-electron chi connectivity index (χ1n) is 6.94. The Kier molecular flexibility index (Phi) is 3.66. The van der Waals surface area contributed by atoms with Crippen molar-refractivity contribution in [1.82, 2.24) is 21.4 Å². The molecule has 0 spiro atoms. The zero-order valence-electron chi connectivity index (χ0n) is 11.3.